The molecule has 100 valence electrons. The standard InChI is InChI=1S/C8H16N2O6S/c1-15-4-2-9-17(13,14)10-3-5-16-7(6-10)8(11)12/h7,9H,2-6H2,1H3,(H,11,12). The highest BCUT2D eigenvalue weighted by Crippen LogP contribution is 2.08. The Morgan fingerprint density at radius 3 is 2.94 bits per heavy atom. The molecule has 1 saturated heterocycles. The number of hydrogen-bond donors (Lipinski definition) is 2. The van der Waals surface area contributed by atoms with Gasteiger partial charge in [0.2, 0.25) is 0 Å². The van der Waals surface area contributed by atoms with Crippen LogP contribution in [0.1, 0.15) is 0 Å². The summed E-state index contributed by atoms with van der Waals surface area (Å²) in [4.78, 5) is 10.7. The second-order valence-electron chi connectivity index (χ2n) is 3.45. The third-order valence-electron chi connectivity index (χ3n) is 2.24. The first kappa shape index (κ1) is 14.3. The summed E-state index contributed by atoms with van der Waals surface area (Å²) in [5.74, 6) is -1.17. The SMILES string of the molecule is COCCNS(=O)(=O)N1CCOC(C(=O)O)C1. The molecule has 0 aliphatic carbocycles. The van der Waals surface area contributed by atoms with Gasteiger partial charge in [0.1, 0.15) is 0 Å². The van der Waals surface area contributed by atoms with Crippen molar-refractivity contribution in [1.29, 1.82) is 0 Å². The lowest BCUT2D eigenvalue weighted by atomic mass is 10.3. The fraction of sp³-hybridized carbons (Fsp3) is 0.875. The number of carboxylic acids is 1. The van der Waals surface area contributed by atoms with Crippen molar-refractivity contribution in [2.75, 3.05) is 40.0 Å². The van der Waals surface area contributed by atoms with E-state index < -0.39 is 22.3 Å². The topological polar surface area (TPSA) is 105 Å². The van der Waals surface area contributed by atoms with E-state index in [9.17, 15) is 13.2 Å². The van der Waals surface area contributed by atoms with E-state index in [1.807, 2.05) is 0 Å². The maximum atomic E-state index is 11.7. The van der Waals surface area contributed by atoms with Gasteiger partial charge in [-0.15, -0.1) is 0 Å². The van der Waals surface area contributed by atoms with E-state index in [0.29, 0.717) is 0 Å². The molecule has 0 amide bonds. The van der Waals surface area contributed by atoms with Crippen molar-refractivity contribution < 1.29 is 27.8 Å². The number of hydrogen-bond acceptors (Lipinski definition) is 5. The van der Waals surface area contributed by atoms with Crippen LogP contribution in [0.3, 0.4) is 0 Å². The molecule has 17 heavy (non-hydrogen) atoms. The summed E-state index contributed by atoms with van der Waals surface area (Å²) < 4.78 is 36.5. The molecule has 1 unspecified atom stereocenters. The minimum atomic E-state index is -3.66. The van der Waals surface area contributed by atoms with E-state index in [4.69, 9.17) is 14.6 Å². The molecule has 1 fully saturated rings. The van der Waals surface area contributed by atoms with Gasteiger partial charge in [-0.2, -0.15) is 17.4 Å². The van der Waals surface area contributed by atoms with Gasteiger partial charge in [0, 0.05) is 20.2 Å². The Balaban J connectivity index is 2.55. The van der Waals surface area contributed by atoms with Crippen molar-refractivity contribution in [3.05, 3.63) is 0 Å². The van der Waals surface area contributed by atoms with Crippen LogP contribution < -0.4 is 4.72 Å². The molecule has 2 N–H and O–H groups in total. The maximum absolute atomic E-state index is 11.7. The Morgan fingerprint density at radius 2 is 2.35 bits per heavy atom. The van der Waals surface area contributed by atoms with Crippen LogP contribution in [0.4, 0.5) is 0 Å². The van der Waals surface area contributed by atoms with Crippen molar-refractivity contribution in [2.45, 2.75) is 6.10 Å². The quantitative estimate of drug-likeness (QED) is 0.554. The number of nitrogens with one attached hydrogen (secondary N) is 1. The second-order valence-corrected chi connectivity index (χ2v) is 5.20. The van der Waals surface area contributed by atoms with E-state index in [-0.39, 0.29) is 32.8 Å². The van der Waals surface area contributed by atoms with Crippen molar-refractivity contribution >= 4 is 16.2 Å². The Hall–Kier alpha value is -0.740. The fourth-order valence-corrected chi connectivity index (χ4v) is 2.53. The van der Waals surface area contributed by atoms with Gasteiger partial charge in [-0.25, -0.2) is 4.79 Å². The normalized spacial score (nSPS) is 22.5. The summed E-state index contributed by atoms with van der Waals surface area (Å²) >= 11 is 0. The predicted octanol–water partition coefficient (Wildman–Crippen LogP) is -1.75. The van der Waals surface area contributed by atoms with E-state index >= 15 is 0 Å². The van der Waals surface area contributed by atoms with Crippen LogP contribution in [0.15, 0.2) is 0 Å². The molecule has 0 aromatic carbocycles. The summed E-state index contributed by atoms with van der Waals surface area (Å²) in [6, 6.07) is 0. The lowest BCUT2D eigenvalue weighted by Gasteiger charge is -2.29. The summed E-state index contributed by atoms with van der Waals surface area (Å²) in [7, 11) is -2.20. The predicted molar refractivity (Wildman–Crippen MR) is 57.7 cm³/mol. The number of carboxylic acid groups (broad SMARTS) is 1. The minimum absolute atomic E-state index is 0.0716. The highest BCUT2D eigenvalue weighted by molar-refractivity contribution is 7.87. The highest BCUT2D eigenvalue weighted by Gasteiger charge is 2.32. The molecule has 0 bridgehead atoms. The number of methoxy groups -OCH3 is 1. The molecule has 1 aliphatic rings. The first-order valence-corrected chi connectivity index (χ1v) is 6.49. The molecule has 1 atom stereocenters. The summed E-state index contributed by atoms with van der Waals surface area (Å²) in [5.41, 5.74) is 0. The van der Waals surface area contributed by atoms with Gasteiger partial charge in [0.15, 0.2) is 6.10 Å². The van der Waals surface area contributed by atoms with Crippen LogP contribution in [0, 0.1) is 0 Å². The van der Waals surface area contributed by atoms with E-state index in [1.54, 1.807) is 0 Å². The zero-order chi connectivity index (χ0) is 12.9. The molecule has 0 radical (unpaired) electrons. The van der Waals surface area contributed by atoms with Gasteiger partial charge in [-0.05, 0) is 0 Å². The molecule has 0 spiro atoms. The lowest BCUT2D eigenvalue weighted by molar-refractivity contribution is -0.153. The third kappa shape index (κ3) is 4.21. The molecule has 1 rings (SSSR count). The van der Waals surface area contributed by atoms with Crippen LogP contribution in [-0.2, 0) is 24.5 Å². The molecule has 9 heteroatoms. The lowest BCUT2D eigenvalue weighted by Crippen LogP contribution is -2.52. The number of carbonyl (C=O) groups is 1. The smallest absolute Gasteiger partial charge is 0.334 e. The number of aliphatic carboxylic acids is 1. The Bertz CT molecular complexity index is 357. The van der Waals surface area contributed by atoms with Crippen molar-refractivity contribution in [2.24, 2.45) is 0 Å². The monoisotopic (exact) mass is 268 g/mol. The molecule has 1 aliphatic heterocycles. The molecular weight excluding hydrogens is 252 g/mol. The van der Waals surface area contributed by atoms with Gasteiger partial charge in [0.05, 0.1) is 19.8 Å². The average molecular weight is 268 g/mol. The maximum Gasteiger partial charge on any atom is 0.334 e. The molecule has 0 aromatic rings. The number of ether oxygens (including phenoxy) is 2. The van der Waals surface area contributed by atoms with Crippen LogP contribution in [0.5, 0.6) is 0 Å². The van der Waals surface area contributed by atoms with Gasteiger partial charge in [-0.1, -0.05) is 0 Å². The van der Waals surface area contributed by atoms with Crippen LogP contribution in [0.25, 0.3) is 0 Å². The van der Waals surface area contributed by atoms with Crippen molar-refractivity contribution in [3.63, 3.8) is 0 Å². The average Bonchev–Trinajstić information content (AvgIpc) is 2.29. The Labute approximate surface area is 99.7 Å². The fourth-order valence-electron chi connectivity index (χ4n) is 1.36. The van der Waals surface area contributed by atoms with Crippen molar-refractivity contribution in [1.82, 2.24) is 9.03 Å². The van der Waals surface area contributed by atoms with Crippen LogP contribution in [0.2, 0.25) is 0 Å². The number of nitrogens with zero attached hydrogens (tertiary/aromatic N) is 1. The Kier molecular flexibility index (Phi) is 5.28. The molecule has 8 nitrogen and oxygen atoms in total. The summed E-state index contributed by atoms with van der Waals surface area (Å²) in [6.07, 6.45) is -1.11. The second kappa shape index (κ2) is 6.26. The van der Waals surface area contributed by atoms with Gasteiger partial charge >= 0.3 is 5.97 Å². The third-order valence-corrected chi connectivity index (χ3v) is 3.82. The van der Waals surface area contributed by atoms with Crippen molar-refractivity contribution in [3.8, 4) is 0 Å². The van der Waals surface area contributed by atoms with Crippen LogP contribution in [-0.4, -0.2) is 69.9 Å². The number of morpholine rings is 1. The largest absolute Gasteiger partial charge is 0.479 e. The van der Waals surface area contributed by atoms with Gasteiger partial charge in [-0.3, -0.25) is 0 Å². The summed E-state index contributed by atoms with van der Waals surface area (Å²) in [6.45, 7) is 0.436. The zero-order valence-corrected chi connectivity index (χ0v) is 10.3. The molecule has 0 aromatic heterocycles. The van der Waals surface area contributed by atoms with E-state index in [0.717, 1.165) is 4.31 Å². The van der Waals surface area contributed by atoms with Gasteiger partial charge < -0.3 is 14.6 Å². The zero-order valence-electron chi connectivity index (χ0n) is 9.46. The van der Waals surface area contributed by atoms with Crippen LogP contribution >= 0.6 is 0 Å². The van der Waals surface area contributed by atoms with E-state index in [1.165, 1.54) is 7.11 Å². The van der Waals surface area contributed by atoms with E-state index in [2.05, 4.69) is 4.72 Å². The molecule has 0 saturated carbocycles. The first-order valence-electron chi connectivity index (χ1n) is 5.05. The molecule has 1 heterocycles. The first-order chi connectivity index (χ1) is 7.97. The highest BCUT2D eigenvalue weighted by atomic mass is 32.2. The number of rotatable bonds is 6. The summed E-state index contributed by atoms with van der Waals surface area (Å²) in [5, 5.41) is 8.75. The minimum Gasteiger partial charge on any atom is -0.479 e. The molecular formula is C8H16N2O6S. The Morgan fingerprint density at radius 1 is 1.65 bits per heavy atom. The van der Waals surface area contributed by atoms with Gasteiger partial charge in [0.25, 0.3) is 10.2 Å².